The lowest BCUT2D eigenvalue weighted by molar-refractivity contribution is 0.311. The Morgan fingerprint density at radius 3 is 2.59 bits per heavy atom. The molecule has 4 aromatic rings. The first-order chi connectivity index (χ1) is 16.6. The Hall–Kier alpha value is -4.05. The lowest BCUT2D eigenvalue weighted by atomic mass is 10.1. The Morgan fingerprint density at radius 2 is 1.79 bits per heavy atom. The molecule has 0 unspecified atom stereocenters. The van der Waals surface area contributed by atoms with Gasteiger partial charge in [0.1, 0.15) is 11.6 Å². The number of aromatic amines is 1. The predicted molar refractivity (Wildman–Crippen MR) is 140 cm³/mol. The maximum Gasteiger partial charge on any atom is 0.146 e. The highest BCUT2D eigenvalue weighted by Crippen LogP contribution is 2.22. The van der Waals surface area contributed by atoms with Gasteiger partial charge in [0.2, 0.25) is 0 Å². The number of para-hydroxylation sites is 1. The smallest absolute Gasteiger partial charge is 0.146 e. The summed E-state index contributed by atoms with van der Waals surface area (Å²) >= 11 is 0. The number of halogens is 1. The molecule has 3 aromatic carbocycles. The van der Waals surface area contributed by atoms with Crippen LogP contribution in [0.3, 0.4) is 0 Å². The normalized spacial score (nSPS) is 12.1. The van der Waals surface area contributed by atoms with E-state index in [2.05, 4.69) is 41.1 Å². The van der Waals surface area contributed by atoms with Crippen molar-refractivity contribution in [1.29, 1.82) is 0 Å². The molecule has 1 heterocycles. The fourth-order valence-electron chi connectivity index (χ4n) is 3.83. The zero-order valence-electron chi connectivity index (χ0n) is 19.4. The van der Waals surface area contributed by atoms with E-state index in [0.717, 1.165) is 46.1 Å². The van der Waals surface area contributed by atoms with E-state index >= 15 is 0 Å². The number of nitrogens with one attached hydrogen (secondary N) is 2. The van der Waals surface area contributed by atoms with Crippen molar-refractivity contribution in [2.75, 3.05) is 11.9 Å². The molecule has 1 aromatic heterocycles. The fraction of sp³-hybridized carbons (Fsp3) is 0.133. The van der Waals surface area contributed by atoms with Crippen molar-refractivity contribution < 1.29 is 9.13 Å². The number of anilines is 1. The molecule has 0 spiro atoms. The van der Waals surface area contributed by atoms with Gasteiger partial charge in [-0.15, -0.1) is 0 Å². The Balaban J connectivity index is 1.52. The van der Waals surface area contributed by atoms with Gasteiger partial charge in [-0.25, -0.2) is 4.39 Å². The van der Waals surface area contributed by atoms with Crippen LogP contribution in [0.5, 0.6) is 5.75 Å². The Labute approximate surface area is 199 Å². The number of aromatic nitrogens is 1. The first-order valence-electron chi connectivity index (χ1n) is 11.5. The molecule has 2 N–H and O–H groups in total. The number of hydrogen-bond acceptors (Lipinski definition) is 2. The third-order valence-corrected chi connectivity index (χ3v) is 5.53. The molecule has 172 valence electrons. The maximum atomic E-state index is 14.2. The minimum absolute atomic E-state index is 0.303. The van der Waals surface area contributed by atoms with Gasteiger partial charge in [0, 0.05) is 27.5 Å². The molecule has 34 heavy (non-hydrogen) atoms. The van der Waals surface area contributed by atoms with Crippen LogP contribution in [-0.4, -0.2) is 11.6 Å². The average Bonchev–Trinajstić information content (AvgIpc) is 3.25. The molecule has 0 aliphatic rings. The van der Waals surface area contributed by atoms with Gasteiger partial charge in [-0.1, -0.05) is 67.3 Å². The second kappa shape index (κ2) is 11.2. The minimum atomic E-state index is -0.303. The van der Waals surface area contributed by atoms with E-state index in [1.165, 1.54) is 11.6 Å². The van der Waals surface area contributed by atoms with Gasteiger partial charge in [-0.3, -0.25) is 0 Å². The number of hydrogen-bond donors (Lipinski definition) is 2. The number of allylic oxidation sites excluding steroid dienone is 1. The quantitative estimate of drug-likeness (QED) is 0.304. The van der Waals surface area contributed by atoms with Crippen molar-refractivity contribution >= 4 is 18.0 Å². The monoisotopic (exact) mass is 452 g/mol. The number of benzene rings is 3. The molecule has 0 saturated heterocycles. The first-order valence-corrected chi connectivity index (χ1v) is 11.5. The summed E-state index contributed by atoms with van der Waals surface area (Å²) in [6.07, 6.45) is 5.77. The molecule has 0 saturated carbocycles. The highest BCUT2D eigenvalue weighted by molar-refractivity contribution is 5.73. The summed E-state index contributed by atoms with van der Waals surface area (Å²) in [6.45, 7) is 6.75. The molecule has 0 bridgehead atoms. The van der Waals surface area contributed by atoms with Crippen LogP contribution in [-0.2, 0) is 6.42 Å². The molecule has 3 nitrogen and oxygen atoms in total. The first kappa shape index (κ1) is 23.1. The van der Waals surface area contributed by atoms with Crippen LogP contribution in [0.1, 0.15) is 18.9 Å². The molecule has 0 fully saturated rings. The van der Waals surface area contributed by atoms with Crippen LogP contribution in [0.15, 0.2) is 97.1 Å². The molecule has 0 aliphatic carbocycles. The Morgan fingerprint density at radius 1 is 1.00 bits per heavy atom. The number of rotatable bonds is 9. The van der Waals surface area contributed by atoms with Crippen molar-refractivity contribution in [2.45, 2.75) is 19.8 Å². The van der Waals surface area contributed by atoms with Crippen LogP contribution in [0.25, 0.3) is 23.5 Å². The van der Waals surface area contributed by atoms with E-state index in [0.29, 0.717) is 12.3 Å². The van der Waals surface area contributed by atoms with E-state index in [9.17, 15) is 4.39 Å². The molecular weight excluding hydrogens is 423 g/mol. The van der Waals surface area contributed by atoms with Crippen LogP contribution < -0.4 is 20.6 Å². The van der Waals surface area contributed by atoms with Gasteiger partial charge in [-0.2, -0.15) is 0 Å². The van der Waals surface area contributed by atoms with Crippen LogP contribution in [0.4, 0.5) is 10.1 Å². The third-order valence-electron chi connectivity index (χ3n) is 5.53. The SMILES string of the molecule is C=c1[nH]c(-c2cccc(OCCCc3ccccc3)c2)c/c1=C(/C=C\C)Nc1ccccc1F. The second-order valence-electron chi connectivity index (χ2n) is 8.06. The number of aryl methyl sites for hydroxylation is 1. The zero-order valence-corrected chi connectivity index (χ0v) is 19.4. The standard InChI is InChI=1S/C30H29FN2O/c1-3-11-28(33-29-18-8-7-17-27(29)31)26-21-30(32-22(26)2)24-15-9-16-25(20-24)34-19-10-14-23-12-5-4-6-13-23/h3-9,11-13,15-18,20-21,32-33H,2,10,14,19H2,1H3/b11-3-,28-26+. The van der Waals surface area contributed by atoms with Crippen molar-refractivity contribution in [3.63, 3.8) is 0 Å². The summed E-state index contributed by atoms with van der Waals surface area (Å²) in [4.78, 5) is 3.36. The third kappa shape index (κ3) is 5.84. The largest absolute Gasteiger partial charge is 0.494 e. The molecular formula is C30H29FN2O. The lowest BCUT2D eigenvalue weighted by Crippen LogP contribution is -2.25. The van der Waals surface area contributed by atoms with Gasteiger partial charge in [0.05, 0.1) is 12.3 Å². The summed E-state index contributed by atoms with van der Waals surface area (Å²) in [5.41, 5.74) is 4.44. The summed E-state index contributed by atoms with van der Waals surface area (Å²) in [5, 5.41) is 4.83. The van der Waals surface area contributed by atoms with Gasteiger partial charge < -0.3 is 15.0 Å². The van der Waals surface area contributed by atoms with Crippen molar-refractivity contribution in [3.8, 4) is 17.0 Å². The topological polar surface area (TPSA) is 37.0 Å². The highest BCUT2D eigenvalue weighted by Gasteiger charge is 2.07. The summed E-state index contributed by atoms with van der Waals surface area (Å²) in [7, 11) is 0. The van der Waals surface area contributed by atoms with E-state index < -0.39 is 0 Å². The van der Waals surface area contributed by atoms with Crippen LogP contribution >= 0.6 is 0 Å². The van der Waals surface area contributed by atoms with Crippen LogP contribution in [0.2, 0.25) is 0 Å². The minimum Gasteiger partial charge on any atom is -0.494 e. The van der Waals surface area contributed by atoms with Gasteiger partial charge in [-0.05, 0) is 61.7 Å². The molecule has 0 atom stereocenters. The number of H-pyrrole nitrogens is 1. The summed E-state index contributed by atoms with van der Waals surface area (Å²) in [6, 6.07) is 27.1. The maximum absolute atomic E-state index is 14.2. The van der Waals surface area contributed by atoms with Gasteiger partial charge >= 0.3 is 0 Å². The lowest BCUT2D eigenvalue weighted by Gasteiger charge is -2.08. The van der Waals surface area contributed by atoms with Crippen LogP contribution in [0, 0.1) is 5.82 Å². The zero-order chi connectivity index (χ0) is 23.8. The molecule has 4 rings (SSSR count). The van der Waals surface area contributed by atoms with Gasteiger partial charge in [0.25, 0.3) is 0 Å². The van der Waals surface area contributed by atoms with E-state index in [4.69, 9.17) is 4.74 Å². The average molecular weight is 453 g/mol. The summed E-state index contributed by atoms with van der Waals surface area (Å²) < 4.78 is 20.2. The highest BCUT2D eigenvalue weighted by atomic mass is 19.1. The Kier molecular flexibility index (Phi) is 7.61. The van der Waals surface area contributed by atoms with Gasteiger partial charge in [0.15, 0.2) is 0 Å². The molecule has 0 aliphatic heterocycles. The molecule has 4 heteroatoms. The predicted octanol–water partition coefficient (Wildman–Crippen LogP) is 6.04. The number of ether oxygens (including phenoxy) is 1. The van der Waals surface area contributed by atoms with Crippen molar-refractivity contribution in [2.24, 2.45) is 0 Å². The second-order valence-corrected chi connectivity index (χ2v) is 8.06. The van der Waals surface area contributed by atoms with E-state index in [-0.39, 0.29) is 5.82 Å². The Bertz CT molecular complexity index is 1370. The summed E-state index contributed by atoms with van der Waals surface area (Å²) in [5.74, 6) is 0.525. The fourth-order valence-corrected chi connectivity index (χ4v) is 3.83. The van der Waals surface area contributed by atoms with E-state index in [1.54, 1.807) is 18.2 Å². The van der Waals surface area contributed by atoms with E-state index in [1.807, 2.05) is 55.5 Å². The molecule has 0 amide bonds. The molecule has 0 radical (unpaired) electrons. The van der Waals surface area contributed by atoms with Crippen molar-refractivity contribution in [3.05, 3.63) is 119 Å². The van der Waals surface area contributed by atoms with Crippen molar-refractivity contribution in [1.82, 2.24) is 4.98 Å².